The number of halogens is 4. The molecule has 2 rings (SSSR count). The van der Waals surface area contributed by atoms with E-state index in [1.165, 1.54) is 30.3 Å². The molecule has 0 spiro atoms. The SMILES string of the molecule is O=S(=O)(Nc1ccccc1[C@H](O)C(F)(F)F)c1cccc(Br)c1. The fraction of sp³-hybridized carbons (Fsp3) is 0.143. The van der Waals surface area contributed by atoms with E-state index < -0.39 is 27.9 Å². The Morgan fingerprint density at radius 2 is 1.74 bits per heavy atom. The van der Waals surface area contributed by atoms with E-state index >= 15 is 0 Å². The molecule has 0 aromatic heterocycles. The van der Waals surface area contributed by atoms with Crippen LogP contribution in [0, 0.1) is 0 Å². The van der Waals surface area contributed by atoms with E-state index in [0.29, 0.717) is 4.47 Å². The van der Waals surface area contributed by atoms with E-state index in [4.69, 9.17) is 0 Å². The Morgan fingerprint density at radius 3 is 2.35 bits per heavy atom. The number of rotatable bonds is 4. The van der Waals surface area contributed by atoms with Gasteiger partial charge in [0.05, 0.1) is 10.6 Å². The first-order valence-electron chi connectivity index (χ1n) is 6.23. The average Bonchev–Trinajstić information content (AvgIpc) is 2.46. The van der Waals surface area contributed by atoms with E-state index in [1.54, 1.807) is 6.07 Å². The Kier molecular flexibility index (Phi) is 5.02. The molecule has 0 aliphatic rings. The van der Waals surface area contributed by atoms with Gasteiger partial charge in [-0.25, -0.2) is 8.42 Å². The molecule has 0 fully saturated rings. The lowest BCUT2D eigenvalue weighted by molar-refractivity contribution is -0.206. The maximum atomic E-state index is 12.7. The van der Waals surface area contributed by atoms with Crippen molar-refractivity contribution in [2.45, 2.75) is 17.2 Å². The van der Waals surface area contributed by atoms with Crippen molar-refractivity contribution in [2.24, 2.45) is 0 Å². The molecule has 9 heteroatoms. The maximum Gasteiger partial charge on any atom is 0.418 e. The van der Waals surface area contributed by atoms with Crippen molar-refractivity contribution >= 4 is 31.6 Å². The molecule has 1 atom stereocenters. The zero-order valence-corrected chi connectivity index (χ0v) is 13.8. The average molecular weight is 410 g/mol. The fourth-order valence-corrected chi connectivity index (χ4v) is 3.53. The number of hydrogen-bond acceptors (Lipinski definition) is 3. The second-order valence-corrected chi connectivity index (χ2v) is 7.19. The van der Waals surface area contributed by atoms with Crippen LogP contribution >= 0.6 is 15.9 Å². The van der Waals surface area contributed by atoms with Gasteiger partial charge in [0.15, 0.2) is 6.10 Å². The molecule has 2 aromatic rings. The molecule has 0 aliphatic carbocycles. The van der Waals surface area contributed by atoms with Gasteiger partial charge in [-0.05, 0) is 24.3 Å². The van der Waals surface area contributed by atoms with Gasteiger partial charge < -0.3 is 5.11 Å². The van der Waals surface area contributed by atoms with Crippen LogP contribution in [-0.4, -0.2) is 19.7 Å². The molecule has 0 bridgehead atoms. The van der Waals surface area contributed by atoms with Crippen molar-refractivity contribution in [2.75, 3.05) is 4.72 Å². The third kappa shape index (κ3) is 4.24. The van der Waals surface area contributed by atoms with Gasteiger partial charge in [0.1, 0.15) is 0 Å². The largest absolute Gasteiger partial charge is 0.418 e. The summed E-state index contributed by atoms with van der Waals surface area (Å²) in [4.78, 5) is -0.122. The molecule has 0 unspecified atom stereocenters. The standard InChI is InChI=1S/C14H11BrF3NO3S/c15-9-4-3-5-10(8-9)23(21,22)19-12-7-2-1-6-11(12)13(20)14(16,17)18/h1-8,13,19-20H/t13-/m0/s1. The monoisotopic (exact) mass is 409 g/mol. The molecular weight excluding hydrogens is 399 g/mol. The molecule has 0 amide bonds. The molecule has 0 aliphatic heterocycles. The van der Waals surface area contributed by atoms with Crippen LogP contribution in [0.1, 0.15) is 11.7 Å². The first-order valence-corrected chi connectivity index (χ1v) is 8.51. The Hall–Kier alpha value is -1.58. The van der Waals surface area contributed by atoms with Gasteiger partial charge in [-0.3, -0.25) is 4.72 Å². The van der Waals surface area contributed by atoms with E-state index in [-0.39, 0.29) is 10.6 Å². The van der Waals surface area contributed by atoms with Gasteiger partial charge in [0.25, 0.3) is 10.0 Å². The van der Waals surface area contributed by atoms with Crippen LogP contribution in [0.25, 0.3) is 0 Å². The van der Waals surface area contributed by atoms with Crippen LogP contribution < -0.4 is 4.72 Å². The van der Waals surface area contributed by atoms with Crippen molar-refractivity contribution in [3.05, 3.63) is 58.6 Å². The lowest BCUT2D eigenvalue weighted by Crippen LogP contribution is -2.22. The lowest BCUT2D eigenvalue weighted by Gasteiger charge is -2.19. The molecule has 0 saturated heterocycles. The quantitative estimate of drug-likeness (QED) is 0.805. The summed E-state index contributed by atoms with van der Waals surface area (Å²) in [6, 6.07) is 10.5. The highest BCUT2D eigenvalue weighted by molar-refractivity contribution is 9.10. The summed E-state index contributed by atoms with van der Waals surface area (Å²) < 4.78 is 65.2. The number of hydrogen-bond donors (Lipinski definition) is 2. The first kappa shape index (κ1) is 17.8. The second-order valence-electron chi connectivity index (χ2n) is 4.59. The minimum absolute atomic E-state index is 0.122. The number of alkyl halides is 3. The Balaban J connectivity index is 2.41. The zero-order chi connectivity index (χ0) is 17.3. The summed E-state index contributed by atoms with van der Waals surface area (Å²) in [5.74, 6) is 0. The van der Waals surface area contributed by atoms with Gasteiger partial charge in [-0.15, -0.1) is 0 Å². The molecule has 0 radical (unpaired) electrons. The third-order valence-electron chi connectivity index (χ3n) is 2.92. The Labute approximate surface area is 139 Å². The summed E-state index contributed by atoms with van der Waals surface area (Å²) in [5.41, 5.74) is -0.907. The van der Waals surface area contributed by atoms with Crippen LogP contribution in [-0.2, 0) is 10.0 Å². The van der Waals surface area contributed by atoms with Crippen molar-refractivity contribution in [1.82, 2.24) is 0 Å². The highest BCUT2D eigenvalue weighted by Gasteiger charge is 2.40. The molecule has 23 heavy (non-hydrogen) atoms. The second kappa shape index (κ2) is 6.50. The number of nitrogens with one attached hydrogen (secondary N) is 1. The molecule has 4 nitrogen and oxygen atoms in total. The van der Waals surface area contributed by atoms with Crippen LogP contribution in [0.3, 0.4) is 0 Å². The molecule has 2 aromatic carbocycles. The van der Waals surface area contributed by atoms with Gasteiger partial charge in [0, 0.05) is 10.0 Å². The smallest absolute Gasteiger partial charge is 0.379 e. The molecular formula is C14H11BrF3NO3S. The first-order chi connectivity index (χ1) is 10.6. The molecule has 2 N–H and O–H groups in total. The molecule has 0 saturated carbocycles. The van der Waals surface area contributed by atoms with Crippen LogP contribution in [0.15, 0.2) is 57.9 Å². The third-order valence-corrected chi connectivity index (χ3v) is 4.77. The van der Waals surface area contributed by atoms with Gasteiger partial charge in [-0.1, -0.05) is 40.2 Å². The van der Waals surface area contributed by atoms with E-state index in [9.17, 15) is 26.7 Å². The van der Waals surface area contributed by atoms with Crippen molar-refractivity contribution in [1.29, 1.82) is 0 Å². The normalized spacial score (nSPS) is 13.6. The predicted molar refractivity (Wildman–Crippen MR) is 82.4 cm³/mol. The summed E-state index contributed by atoms with van der Waals surface area (Å²) in [5, 5.41) is 9.38. The number of aliphatic hydroxyl groups is 1. The van der Waals surface area contributed by atoms with Crippen LogP contribution in [0.2, 0.25) is 0 Å². The Bertz CT molecular complexity index is 809. The Morgan fingerprint density at radius 1 is 1.09 bits per heavy atom. The van der Waals surface area contributed by atoms with E-state index in [0.717, 1.165) is 12.1 Å². The predicted octanol–water partition coefficient (Wildman–Crippen LogP) is 3.85. The topological polar surface area (TPSA) is 66.4 Å². The van der Waals surface area contributed by atoms with E-state index in [2.05, 4.69) is 20.7 Å². The zero-order valence-electron chi connectivity index (χ0n) is 11.4. The number of benzene rings is 2. The van der Waals surface area contributed by atoms with Gasteiger partial charge in [-0.2, -0.15) is 13.2 Å². The van der Waals surface area contributed by atoms with Crippen LogP contribution in [0.5, 0.6) is 0 Å². The van der Waals surface area contributed by atoms with Gasteiger partial charge >= 0.3 is 6.18 Å². The van der Waals surface area contributed by atoms with Crippen molar-refractivity contribution in [3.63, 3.8) is 0 Å². The minimum Gasteiger partial charge on any atom is -0.379 e. The summed E-state index contributed by atoms with van der Waals surface area (Å²) >= 11 is 3.12. The summed E-state index contributed by atoms with van der Waals surface area (Å²) in [6.45, 7) is 0. The summed E-state index contributed by atoms with van der Waals surface area (Å²) in [7, 11) is -4.10. The maximum absolute atomic E-state index is 12.7. The number of para-hydroxylation sites is 1. The highest BCUT2D eigenvalue weighted by atomic mass is 79.9. The molecule has 0 heterocycles. The number of sulfonamides is 1. The van der Waals surface area contributed by atoms with Crippen molar-refractivity contribution < 1.29 is 26.7 Å². The van der Waals surface area contributed by atoms with Gasteiger partial charge in [0.2, 0.25) is 0 Å². The van der Waals surface area contributed by atoms with E-state index in [1.807, 2.05) is 0 Å². The van der Waals surface area contributed by atoms with Crippen molar-refractivity contribution in [3.8, 4) is 0 Å². The highest BCUT2D eigenvalue weighted by Crippen LogP contribution is 2.36. The summed E-state index contributed by atoms with van der Waals surface area (Å²) in [6.07, 6.45) is -7.69. The lowest BCUT2D eigenvalue weighted by atomic mass is 10.1. The number of aliphatic hydroxyl groups excluding tert-OH is 1. The van der Waals surface area contributed by atoms with Crippen LogP contribution in [0.4, 0.5) is 18.9 Å². The minimum atomic E-state index is -4.91. The number of anilines is 1. The molecule has 124 valence electrons. The fourth-order valence-electron chi connectivity index (χ4n) is 1.84.